The highest BCUT2D eigenvalue weighted by molar-refractivity contribution is 4.74. The van der Waals surface area contributed by atoms with Gasteiger partial charge in [0.05, 0.1) is 12.7 Å². The highest BCUT2D eigenvalue weighted by Gasteiger charge is 2.20. The Balaban J connectivity index is 1.70. The third kappa shape index (κ3) is 5.68. The molecule has 0 aromatic heterocycles. The third-order valence-corrected chi connectivity index (χ3v) is 4.64. The van der Waals surface area contributed by atoms with E-state index in [1.54, 1.807) is 0 Å². The minimum Gasteiger partial charge on any atom is -0.385 e. The van der Waals surface area contributed by atoms with E-state index >= 15 is 0 Å². The van der Waals surface area contributed by atoms with Crippen LogP contribution in [0.4, 0.5) is 0 Å². The topological polar surface area (TPSA) is 24.9 Å². The van der Waals surface area contributed by atoms with Crippen LogP contribution in [0.5, 0.6) is 0 Å². The molecule has 0 amide bonds. The van der Waals surface area contributed by atoms with Crippen LogP contribution in [0, 0.1) is 5.92 Å². The predicted octanol–water partition coefficient (Wildman–Crippen LogP) is 1.85. The molecule has 0 spiro atoms. The number of hydrogen-bond acceptors (Lipinski definition) is 4. The van der Waals surface area contributed by atoms with Gasteiger partial charge in [0, 0.05) is 46.4 Å². The van der Waals surface area contributed by atoms with Gasteiger partial charge in [-0.25, -0.2) is 0 Å². The average molecular weight is 284 g/mol. The molecule has 2 saturated heterocycles. The van der Waals surface area contributed by atoms with Gasteiger partial charge in [0.1, 0.15) is 0 Å². The molecular formula is C16H32N2O2. The van der Waals surface area contributed by atoms with Crippen molar-refractivity contribution in [2.75, 3.05) is 59.6 Å². The smallest absolute Gasteiger partial charge is 0.0674 e. The van der Waals surface area contributed by atoms with E-state index in [4.69, 9.17) is 9.47 Å². The SMILES string of the molecule is COCC[C@@H]1CCCCN(CCN2CCO[C@H](C)C2)C1. The van der Waals surface area contributed by atoms with Gasteiger partial charge in [-0.05, 0) is 38.6 Å². The lowest BCUT2D eigenvalue weighted by molar-refractivity contribution is -0.0208. The maximum absolute atomic E-state index is 5.61. The predicted molar refractivity (Wildman–Crippen MR) is 82.1 cm³/mol. The summed E-state index contributed by atoms with van der Waals surface area (Å²) >= 11 is 0. The van der Waals surface area contributed by atoms with Crippen LogP contribution in [-0.2, 0) is 9.47 Å². The van der Waals surface area contributed by atoms with Crippen LogP contribution in [0.25, 0.3) is 0 Å². The summed E-state index contributed by atoms with van der Waals surface area (Å²) in [6.07, 6.45) is 5.76. The summed E-state index contributed by atoms with van der Waals surface area (Å²) in [4.78, 5) is 5.23. The molecule has 0 bridgehead atoms. The summed E-state index contributed by atoms with van der Waals surface area (Å²) < 4.78 is 10.9. The molecule has 2 aliphatic heterocycles. The summed E-state index contributed by atoms with van der Waals surface area (Å²) in [6.45, 7) is 11.2. The second-order valence-corrected chi connectivity index (χ2v) is 6.43. The fraction of sp³-hybridized carbons (Fsp3) is 1.00. The molecule has 0 radical (unpaired) electrons. The molecule has 4 heteroatoms. The number of ether oxygens (including phenoxy) is 2. The van der Waals surface area contributed by atoms with Crippen LogP contribution < -0.4 is 0 Å². The van der Waals surface area contributed by atoms with Gasteiger partial charge in [0.2, 0.25) is 0 Å². The molecule has 2 rings (SSSR count). The van der Waals surface area contributed by atoms with Gasteiger partial charge in [-0.2, -0.15) is 0 Å². The van der Waals surface area contributed by atoms with E-state index < -0.39 is 0 Å². The minimum absolute atomic E-state index is 0.405. The summed E-state index contributed by atoms with van der Waals surface area (Å²) in [5.74, 6) is 0.834. The van der Waals surface area contributed by atoms with Crippen LogP contribution in [0.2, 0.25) is 0 Å². The number of likely N-dealkylation sites (tertiary alicyclic amines) is 1. The van der Waals surface area contributed by atoms with Crippen molar-refractivity contribution in [1.29, 1.82) is 0 Å². The van der Waals surface area contributed by atoms with Crippen LogP contribution in [0.1, 0.15) is 32.6 Å². The monoisotopic (exact) mass is 284 g/mol. The van der Waals surface area contributed by atoms with Crippen LogP contribution >= 0.6 is 0 Å². The zero-order valence-corrected chi connectivity index (χ0v) is 13.4. The highest BCUT2D eigenvalue weighted by Crippen LogP contribution is 2.19. The van der Waals surface area contributed by atoms with Crippen LogP contribution in [-0.4, -0.2) is 75.5 Å². The lowest BCUT2D eigenvalue weighted by atomic mass is 10.0. The molecule has 4 nitrogen and oxygen atoms in total. The van der Waals surface area contributed by atoms with Crippen molar-refractivity contribution in [2.24, 2.45) is 5.92 Å². The highest BCUT2D eigenvalue weighted by atomic mass is 16.5. The Bertz CT molecular complexity index is 263. The largest absolute Gasteiger partial charge is 0.385 e. The summed E-state index contributed by atoms with van der Waals surface area (Å²) in [7, 11) is 1.81. The zero-order chi connectivity index (χ0) is 14.2. The van der Waals surface area contributed by atoms with E-state index in [-0.39, 0.29) is 0 Å². The molecule has 2 heterocycles. The molecule has 0 aromatic carbocycles. The van der Waals surface area contributed by atoms with Crippen molar-refractivity contribution >= 4 is 0 Å². The molecule has 0 aliphatic carbocycles. The fourth-order valence-electron chi connectivity index (χ4n) is 3.42. The third-order valence-electron chi connectivity index (χ3n) is 4.64. The van der Waals surface area contributed by atoms with Gasteiger partial charge in [-0.15, -0.1) is 0 Å². The molecule has 0 saturated carbocycles. The summed E-state index contributed by atoms with van der Waals surface area (Å²) in [6, 6.07) is 0. The van der Waals surface area contributed by atoms with Crippen LogP contribution in [0.15, 0.2) is 0 Å². The first-order chi connectivity index (χ1) is 9.78. The number of rotatable bonds is 6. The molecule has 118 valence electrons. The first-order valence-electron chi connectivity index (χ1n) is 8.33. The van der Waals surface area contributed by atoms with Crippen molar-refractivity contribution < 1.29 is 9.47 Å². The Hall–Kier alpha value is -0.160. The van der Waals surface area contributed by atoms with Crippen molar-refractivity contribution in [3.05, 3.63) is 0 Å². The second-order valence-electron chi connectivity index (χ2n) is 6.43. The zero-order valence-electron chi connectivity index (χ0n) is 13.4. The van der Waals surface area contributed by atoms with E-state index in [0.717, 1.165) is 32.2 Å². The van der Waals surface area contributed by atoms with E-state index in [1.165, 1.54) is 51.9 Å². The molecular weight excluding hydrogens is 252 g/mol. The van der Waals surface area contributed by atoms with Gasteiger partial charge < -0.3 is 14.4 Å². The molecule has 2 aliphatic rings. The Morgan fingerprint density at radius 3 is 2.65 bits per heavy atom. The van der Waals surface area contributed by atoms with E-state index in [9.17, 15) is 0 Å². The molecule has 0 aromatic rings. The lowest BCUT2D eigenvalue weighted by Gasteiger charge is -2.33. The fourth-order valence-corrected chi connectivity index (χ4v) is 3.42. The van der Waals surface area contributed by atoms with Crippen molar-refractivity contribution in [2.45, 2.75) is 38.7 Å². The summed E-state index contributed by atoms with van der Waals surface area (Å²) in [5.41, 5.74) is 0. The average Bonchev–Trinajstić information content (AvgIpc) is 2.68. The first-order valence-corrected chi connectivity index (χ1v) is 8.33. The molecule has 20 heavy (non-hydrogen) atoms. The number of methoxy groups -OCH3 is 1. The van der Waals surface area contributed by atoms with E-state index in [0.29, 0.717) is 6.10 Å². The Morgan fingerprint density at radius 1 is 1.10 bits per heavy atom. The Morgan fingerprint density at radius 2 is 1.90 bits per heavy atom. The minimum atomic E-state index is 0.405. The quantitative estimate of drug-likeness (QED) is 0.743. The Kier molecular flexibility index (Phi) is 7.28. The second kappa shape index (κ2) is 8.98. The van der Waals surface area contributed by atoms with Gasteiger partial charge in [0.25, 0.3) is 0 Å². The van der Waals surface area contributed by atoms with Crippen molar-refractivity contribution in [3.63, 3.8) is 0 Å². The van der Waals surface area contributed by atoms with Crippen molar-refractivity contribution in [3.8, 4) is 0 Å². The van der Waals surface area contributed by atoms with Gasteiger partial charge in [0.15, 0.2) is 0 Å². The first kappa shape index (κ1) is 16.2. The molecule has 2 atom stereocenters. The van der Waals surface area contributed by atoms with E-state index in [1.807, 2.05) is 7.11 Å². The lowest BCUT2D eigenvalue weighted by Crippen LogP contribution is -2.45. The Labute approximate surface area is 124 Å². The van der Waals surface area contributed by atoms with Gasteiger partial charge in [-0.1, -0.05) is 6.42 Å². The number of morpholine rings is 1. The standard InChI is InChI=1S/C16H32N2O2/c1-15-13-18(10-12-20-15)9-8-17-7-4-3-5-16(14-17)6-11-19-2/h15-16H,3-14H2,1-2H3/t15-,16+/m1/s1. The van der Waals surface area contributed by atoms with Crippen LogP contribution in [0.3, 0.4) is 0 Å². The summed E-state index contributed by atoms with van der Waals surface area (Å²) in [5, 5.41) is 0. The maximum atomic E-state index is 5.61. The molecule has 2 fully saturated rings. The number of hydrogen-bond donors (Lipinski definition) is 0. The number of nitrogens with zero attached hydrogens (tertiary/aromatic N) is 2. The van der Waals surface area contributed by atoms with Crippen molar-refractivity contribution in [1.82, 2.24) is 9.80 Å². The molecule has 0 unspecified atom stereocenters. The maximum Gasteiger partial charge on any atom is 0.0674 e. The normalized spacial score (nSPS) is 30.3. The van der Waals surface area contributed by atoms with Gasteiger partial charge >= 0.3 is 0 Å². The van der Waals surface area contributed by atoms with E-state index in [2.05, 4.69) is 16.7 Å². The molecule has 0 N–H and O–H groups in total. The van der Waals surface area contributed by atoms with Gasteiger partial charge in [-0.3, -0.25) is 4.90 Å².